The van der Waals surface area contributed by atoms with Crippen LogP contribution in [0.3, 0.4) is 0 Å². The van der Waals surface area contributed by atoms with Crippen molar-refractivity contribution < 1.29 is 9.72 Å². The standard InChI is InChI=1S/C17H17ClN4O3/c18-14-10-13(22(24)25)11-20-17(14)19-8-3-6-16(23)21-9-7-12-4-1-2-5-15(12)21/h1-2,4-5,10-11H,3,6-9H2,(H,19,20). The van der Waals surface area contributed by atoms with Crippen LogP contribution < -0.4 is 10.2 Å². The zero-order valence-electron chi connectivity index (χ0n) is 13.4. The Morgan fingerprint density at radius 2 is 2.20 bits per heavy atom. The average molecular weight is 361 g/mol. The van der Waals surface area contributed by atoms with Crippen molar-refractivity contribution in [1.82, 2.24) is 4.98 Å². The lowest BCUT2D eigenvalue weighted by atomic mass is 10.2. The summed E-state index contributed by atoms with van der Waals surface area (Å²) in [6.07, 6.45) is 3.07. The van der Waals surface area contributed by atoms with Crippen LogP contribution in [-0.2, 0) is 11.2 Å². The first-order valence-electron chi connectivity index (χ1n) is 7.98. The highest BCUT2D eigenvalue weighted by molar-refractivity contribution is 6.33. The largest absolute Gasteiger partial charge is 0.369 e. The molecule has 0 fully saturated rings. The second-order valence-corrected chi connectivity index (χ2v) is 6.14. The van der Waals surface area contributed by atoms with E-state index in [1.165, 1.54) is 11.6 Å². The van der Waals surface area contributed by atoms with Crippen molar-refractivity contribution in [2.45, 2.75) is 19.3 Å². The molecule has 0 unspecified atom stereocenters. The second-order valence-electron chi connectivity index (χ2n) is 5.74. The molecule has 0 saturated carbocycles. The first kappa shape index (κ1) is 17.2. The Hall–Kier alpha value is -2.67. The van der Waals surface area contributed by atoms with Gasteiger partial charge in [-0.05, 0) is 24.5 Å². The molecular formula is C17H17ClN4O3. The fourth-order valence-corrected chi connectivity index (χ4v) is 3.06. The van der Waals surface area contributed by atoms with E-state index in [1.807, 2.05) is 29.2 Å². The molecule has 0 radical (unpaired) electrons. The highest BCUT2D eigenvalue weighted by Gasteiger charge is 2.23. The Balaban J connectivity index is 1.49. The zero-order valence-corrected chi connectivity index (χ0v) is 14.2. The van der Waals surface area contributed by atoms with Gasteiger partial charge in [0.05, 0.1) is 9.95 Å². The summed E-state index contributed by atoms with van der Waals surface area (Å²) in [5.41, 5.74) is 2.05. The molecule has 2 heterocycles. The fourth-order valence-electron chi connectivity index (χ4n) is 2.84. The van der Waals surface area contributed by atoms with Crippen molar-refractivity contribution in [3.05, 3.63) is 57.2 Å². The maximum atomic E-state index is 12.4. The molecule has 0 spiro atoms. The number of benzene rings is 1. The molecule has 2 aromatic rings. The number of fused-ring (bicyclic) bond motifs is 1. The van der Waals surface area contributed by atoms with Gasteiger partial charge < -0.3 is 10.2 Å². The summed E-state index contributed by atoms with van der Waals surface area (Å²) in [5.74, 6) is 0.473. The number of hydrogen-bond donors (Lipinski definition) is 1. The number of halogens is 1. The summed E-state index contributed by atoms with van der Waals surface area (Å²) < 4.78 is 0. The minimum atomic E-state index is -0.546. The number of nitro groups is 1. The number of rotatable bonds is 6. The van der Waals surface area contributed by atoms with E-state index in [0.717, 1.165) is 24.8 Å². The molecule has 1 N–H and O–H groups in total. The number of para-hydroxylation sites is 1. The summed E-state index contributed by atoms with van der Waals surface area (Å²) >= 11 is 5.97. The molecule has 3 rings (SSSR count). The Labute approximate surface area is 149 Å². The van der Waals surface area contributed by atoms with Gasteiger partial charge in [0, 0.05) is 31.3 Å². The average Bonchev–Trinajstić information content (AvgIpc) is 3.03. The van der Waals surface area contributed by atoms with E-state index in [1.54, 1.807) is 0 Å². The number of aromatic nitrogens is 1. The van der Waals surface area contributed by atoms with Gasteiger partial charge in [-0.1, -0.05) is 29.8 Å². The summed E-state index contributed by atoms with van der Waals surface area (Å²) in [6.45, 7) is 1.23. The zero-order chi connectivity index (χ0) is 17.8. The number of pyridine rings is 1. The lowest BCUT2D eigenvalue weighted by Crippen LogP contribution is -2.29. The van der Waals surface area contributed by atoms with Crippen molar-refractivity contribution >= 4 is 34.7 Å². The Bertz CT molecular complexity index is 812. The number of nitrogens with zero attached hydrogens (tertiary/aromatic N) is 3. The van der Waals surface area contributed by atoms with Crippen LogP contribution in [0.5, 0.6) is 0 Å². The van der Waals surface area contributed by atoms with Gasteiger partial charge in [-0.25, -0.2) is 4.98 Å². The smallest absolute Gasteiger partial charge is 0.289 e. The minimum absolute atomic E-state index is 0.0921. The fraction of sp³-hybridized carbons (Fsp3) is 0.294. The quantitative estimate of drug-likeness (QED) is 0.484. The summed E-state index contributed by atoms with van der Waals surface area (Å²) in [7, 11) is 0. The molecule has 0 aliphatic carbocycles. The lowest BCUT2D eigenvalue weighted by molar-refractivity contribution is -0.385. The van der Waals surface area contributed by atoms with Crippen LogP contribution in [0.15, 0.2) is 36.5 Å². The third kappa shape index (κ3) is 3.88. The van der Waals surface area contributed by atoms with Gasteiger partial charge in [-0.15, -0.1) is 0 Å². The van der Waals surface area contributed by atoms with Crippen molar-refractivity contribution in [1.29, 1.82) is 0 Å². The highest BCUT2D eigenvalue weighted by Crippen LogP contribution is 2.28. The molecule has 130 valence electrons. The molecule has 25 heavy (non-hydrogen) atoms. The van der Waals surface area contributed by atoms with E-state index < -0.39 is 4.92 Å². The van der Waals surface area contributed by atoms with Crippen LogP contribution in [0, 0.1) is 10.1 Å². The molecule has 7 nitrogen and oxygen atoms in total. The SMILES string of the molecule is O=C(CCCNc1ncc([N+](=O)[O-])cc1Cl)N1CCc2ccccc21. The maximum absolute atomic E-state index is 12.4. The summed E-state index contributed by atoms with van der Waals surface area (Å²) in [5, 5.41) is 13.9. The first-order valence-corrected chi connectivity index (χ1v) is 8.36. The predicted octanol–water partition coefficient (Wildman–Crippen LogP) is 3.42. The maximum Gasteiger partial charge on any atom is 0.289 e. The van der Waals surface area contributed by atoms with E-state index in [-0.39, 0.29) is 16.6 Å². The molecule has 0 bridgehead atoms. The molecule has 1 aliphatic heterocycles. The summed E-state index contributed by atoms with van der Waals surface area (Å²) in [4.78, 5) is 28.3. The minimum Gasteiger partial charge on any atom is -0.369 e. The lowest BCUT2D eigenvalue weighted by Gasteiger charge is -2.17. The normalized spacial score (nSPS) is 12.8. The number of carbonyl (C=O) groups excluding carboxylic acids is 1. The number of carbonyl (C=O) groups is 1. The Morgan fingerprint density at radius 3 is 2.96 bits per heavy atom. The van der Waals surface area contributed by atoms with Crippen LogP contribution in [0.25, 0.3) is 0 Å². The van der Waals surface area contributed by atoms with Crippen molar-refractivity contribution in [2.75, 3.05) is 23.3 Å². The molecule has 8 heteroatoms. The van der Waals surface area contributed by atoms with Gasteiger partial charge in [0.15, 0.2) is 0 Å². The highest BCUT2D eigenvalue weighted by atomic mass is 35.5. The molecule has 1 amide bonds. The molecule has 0 saturated heterocycles. The van der Waals surface area contributed by atoms with Gasteiger partial charge in [0.2, 0.25) is 5.91 Å². The molecule has 0 atom stereocenters. The molecule has 1 aromatic carbocycles. The monoisotopic (exact) mass is 360 g/mol. The van der Waals surface area contributed by atoms with Crippen molar-refractivity contribution in [3.8, 4) is 0 Å². The van der Waals surface area contributed by atoms with Crippen LogP contribution >= 0.6 is 11.6 Å². The third-order valence-corrected chi connectivity index (χ3v) is 4.37. The number of hydrogen-bond acceptors (Lipinski definition) is 5. The van der Waals surface area contributed by atoms with Gasteiger partial charge in [-0.3, -0.25) is 14.9 Å². The molecule has 1 aromatic heterocycles. The Morgan fingerprint density at radius 1 is 1.40 bits per heavy atom. The molecule has 1 aliphatic rings. The summed E-state index contributed by atoms with van der Waals surface area (Å²) in [6, 6.07) is 9.20. The van der Waals surface area contributed by atoms with E-state index in [2.05, 4.69) is 10.3 Å². The molecular weight excluding hydrogens is 344 g/mol. The van der Waals surface area contributed by atoms with Gasteiger partial charge >= 0.3 is 0 Å². The van der Waals surface area contributed by atoms with Crippen molar-refractivity contribution in [2.24, 2.45) is 0 Å². The number of amides is 1. The first-order chi connectivity index (χ1) is 12.1. The number of anilines is 2. The van der Waals surface area contributed by atoms with E-state index in [0.29, 0.717) is 25.2 Å². The van der Waals surface area contributed by atoms with E-state index >= 15 is 0 Å². The van der Waals surface area contributed by atoms with Gasteiger partial charge in [0.1, 0.15) is 12.0 Å². The topological polar surface area (TPSA) is 88.4 Å². The van der Waals surface area contributed by atoms with E-state index in [9.17, 15) is 14.9 Å². The van der Waals surface area contributed by atoms with Crippen LogP contribution in [0.4, 0.5) is 17.2 Å². The van der Waals surface area contributed by atoms with Gasteiger partial charge in [0.25, 0.3) is 5.69 Å². The van der Waals surface area contributed by atoms with Crippen molar-refractivity contribution in [3.63, 3.8) is 0 Å². The van der Waals surface area contributed by atoms with Crippen LogP contribution in [0.2, 0.25) is 5.02 Å². The number of nitrogens with one attached hydrogen (secondary N) is 1. The van der Waals surface area contributed by atoms with Crippen LogP contribution in [-0.4, -0.2) is 28.9 Å². The Kier molecular flexibility index (Phi) is 5.14. The predicted molar refractivity (Wildman–Crippen MR) is 96.1 cm³/mol. The second kappa shape index (κ2) is 7.48. The third-order valence-electron chi connectivity index (χ3n) is 4.09. The van der Waals surface area contributed by atoms with E-state index in [4.69, 9.17) is 11.6 Å². The van der Waals surface area contributed by atoms with Crippen LogP contribution in [0.1, 0.15) is 18.4 Å². The van der Waals surface area contributed by atoms with Gasteiger partial charge in [-0.2, -0.15) is 0 Å².